The molecule has 0 aliphatic rings. The predicted octanol–water partition coefficient (Wildman–Crippen LogP) is 3.74. The molecule has 26 heavy (non-hydrogen) atoms. The number of hydrogen-bond acceptors (Lipinski definition) is 5. The Morgan fingerprint density at radius 3 is 2.38 bits per heavy atom. The molecule has 0 spiro atoms. The highest BCUT2D eigenvalue weighted by molar-refractivity contribution is 7.09. The summed E-state index contributed by atoms with van der Waals surface area (Å²) in [5.74, 6) is 0.264. The number of carbonyl (C=O) groups is 2. The predicted molar refractivity (Wildman–Crippen MR) is 98.7 cm³/mol. The summed E-state index contributed by atoms with van der Waals surface area (Å²) in [5, 5.41) is 13.8. The summed E-state index contributed by atoms with van der Waals surface area (Å²) in [5.41, 5.74) is 1.12. The molecule has 0 aliphatic heterocycles. The lowest BCUT2D eigenvalue weighted by Crippen LogP contribution is -2.14. The minimum absolute atomic E-state index is 0.104. The van der Waals surface area contributed by atoms with Crippen LogP contribution in [0, 0.1) is 0 Å². The van der Waals surface area contributed by atoms with Gasteiger partial charge in [-0.1, -0.05) is 18.2 Å². The van der Waals surface area contributed by atoms with Crippen molar-refractivity contribution in [2.75, 3.05) is 5.32 Å². The number of rotatable bonds is 7. The Hall–Kier alpha value is -3.19. The zero-order valence-corrected chi connectivity index (χ0v) is 14.5. The van der Waals surface area contributed by atoms with Crippen molar-refractivity contribution in [3.63, 3.8) is 0 Å². The number of aliphatic carboxylic acids is 1. The molecule has 1 amide bonds. The van der Waals surface area contributed by atoms with Gasteiger partial charge in [0.2, 0.25) is 5.91 Å². The molecular weight excluding hydrogens is 352 g/mol. The quantitative estimate of drug-likeness (QED) is 0.663. The molecule has 6 nitrogen and oxygen atoms in total. The molecule has 0 unspecified atom stereocenters. The topological polar surface area (TPSA) is 88.5 Å². The summed E-state index contributed by atoms with van der Waals surface area (Å²) in [4.78, 5) is 26.9. The first kappa shape index (κ1) is 17.6. The van der Waals surface area contributed by atoms with E-state index in [4.69, 9.17) is 9.84 Å². The molecular formula is C19H16N2O4S. The van der Waals surface area contributed by atoms with Gasteiger partial charge in [-0.2, -0.15) is 0 Å². The summed E-state index contributed by atoms with van der Waals surface area (Å²) in [6, 6.07) is 16.5. The molecule has 2 N–H and O–H groups in total. The van der Waals surface area contributed by atoms with Crippen LogP contribution < -0.4 is 10.1 Å². The van der Waals surface area contributed by atoms with E-state index in [1.165, 1.54) is 11.3 Å². The number of carboxylic acids is 1. The number of carbonyl (C=O) groups excluding carboxylic acids is 1. The molecule has 132 valence electrons. The Kier molecular flexibility index (Phi) is 5.60. The standard InChI is InChI=1S/C19H16N2O4S/c22-17(11-18-21-14(12-26-18)10-19(23)24)20-13-6-8-16(9-7-13)25-15-4-2-1-3-5-15/h1-9,12H,10-11H2,(H,20,22)(H,23,24). The van der Waals surface area contributed by atoms with Crippen LogP contribution in [0.15, 0.2) is 60.0 Å². The fourth-order valence-corrected chi connectivity index (χ4v) is 3.03. The first-order valence-electron chi connectivity index (χ1n) is 7.86. The van der Waals surface area contributed by atoms with Crippen molar-refractivity contribution in [1.29, 1.82) is 0 Å². The third-order valence-electron chi connectivity index (χ3n) is 3.36. The Morgan fingerprint density at radius 1 is 1.00 bits per heavy atom. The highest BCUT2D eigenvalue weighted by Crippen LogP contribution is 2.22. The number of ether oxygens (including phenoxy) is 1. The monoisotopic (exact) mass is 368 g/mol. The van der Waals surface area contributed by atoms with Crippen LogP contribution in [-0.2, 0) is 22.4 Å². The van der Waals surface area contributed by atoms with E-state index < -0.39 is 5.97 Å². The summed E-state index contributed by atoms with van der Waals surface area (Å²) >= 11 is 1.28. The van der Waals surface area contributed by atoms with Crippen molar-refractivity contribution in [2.45, 2.75) is 12.8 Å². The maximum Gasteiger partial charge on any atom is 0.309 e. The van der Waals surface area contributed by atoms with E-state index in [1.807, 2.05) is 30.3 Å². The highest BCUT2D eigenvalue weighted by atomic mass is 32.1. The van der Waals surface area contributed by atoms with Gasteiger partial charge in [0.25, 0.3) is 0 Å². The Balaban J connectivity index is 1.54. The van der Waals surface area contributed by atoms with E-state index in [0.29, 0.717) is 22.1 Å². The van der Waals surface area contributed by atoms with Crippen molar-refractivity contribution in [1.82, 2.24) is 4.98 Å². The average molecular weight is 368 g/mol. The summed E-state index contributed by atoms with van der Waals surface area (Å²) in [6.45, 7) is 0. The second-order valence-electron chi connectivity index (χ2n) is 5.47. The van der Waals surface area contributed by atoms with Gasteiger partial charge in [0.1, 0.15) is 16.5 Å². The number of anilines is 1. The molecule has 0 aliphatic carbocycles. The number of aromatic nitrogens is 1. The SMILES string of the molecule is O=C(O)Cc1csc(CC(=O)Nc2ccc(Oc3ccccc3)cc2)n1. The van der Waals surface area contributed by atoms with Gasteiger partial charge in [-0.25, -0.2) is 4.98 Å². The molecule has 1 heterocycles. The molecule has 1 aromatic heterocycles. The van der Waals surface area contributed by atoms with E-state index in [0.717, 1.165) is 5.75 Å². The lowest BCUT2D eigenvalue weighted by Gasteiger charge is -2.07. The van der Waals surface area contributed by atoms with Crippen LogP contribution >= 0.6 is 11.3 Å². The lowest BCUT2D eigenvalue weighted by molar-refractivity contribution is -0.136. The van der Waals surface area contributed by atoms with Crippen LogP contribution in [0.1, 0.15) is 10.7 Å². The van der Waals surface area contributed by atoms with Gasteiger partial charge in [-0.05, 0) is 36.4 Å². The van der Waals surface area contributed by atoms with Gasteiger partial charge in [0.05, 0.1) is 18.5 Å². The van der Waals surface area contributed by atoms with Crippen molar-refractivity contribution in [3.05, 3.63) is 70.7 Å². The smallest absolute Gasteiger partial charge is 0.309 e. The maximum atomic E-state index is 12.1. The van der Waals surface area contributed by atoms with Gasteiger partial charge in [0.15, 0.2) is 0 Å². The number of amides is 1. The van der Waals surface area contributed by atoms with Crippen LogP contribution in [0.25, 0.3) is 0 Å². The van der Waals surface area contributed by atoms with E-state index in [2.05, 4.69) is 10.3 Å². The molecule has 0 saturated heterocycles. The third-order valence-corrected chi connectivity index (χ3v) is 4.26. The van der Waals surface area contributed by atoms with Crippen molar-refractivity contribution in [2.24, 2.45) is 0 Å². The molecule has 0 atom stereocenters. The number of benzene rings is 2. The second kappa shape index (κ2) is 8.26. The number of para-hydroxylation sites is 1. The van der Waals surface area contributed by atoms with Crippen LogP contribution in [-0.4, -0.2) is 22.0 Å². The minimum Gasteiger partial charge on any atom is -0.481 e. The van der Waals surface area contributed by atoms with Crippen LogP contribution in [0.4, 0.5) is 5.69 Å². The number of nitrogens with one attached hydrogen (secondary N) is 1. The molecule has 7 heteroatoms. The summed E-state index contributed by atoms with van der Waals surface area (Å²) in [6.07, 6.45) is -0.0342. The molecule has 0 radical (unpaired) electrons. The number of thiazole rings is 1. The summed E-state index contributed by atoms with van der Waals surface area (Å²) < 4.78 is 5.70. The number of carboxylic acid groups (broad SMARTS) is 1. The van der Waals surface area contributed by atoms with Gasteiger partial charge >= 0.3 is 5.97 Å². The van der Waals surface area contributed by atoms with Gasteiger partial charge < -0.3 is 15.2 Å². The fraction of sp³-hybridized carbons (Fsp3) is 0.105. The molecule has 0 bridgehead atoms. The van der Waals surface area contributed by atoms with E-state index in [9.17, 15) is 9.59 Å². The van der Waals surface area contributed by atoms with E-state index in [-0.39, 0.29) is 18.7 Å². The number of hydrogen-bond donors (Lipinski definition) is 2. The number of nitrogens with zero attached hydrogens (tertiary/aromatic N) is 1. The maximum absolute atomic E-state index is 12.1. The van der Waals surface area contributed by atoms with Crippen molar-refractivity contribution < 1.29 is 19.4 Å². The Bertz CT molecular complexity index is 891. The fourth-order valence-electron chi connectivity index (χ4n) is 2.24. The van der Waals surface area contributed by atoms with Gasteiger partial charge in [0, 0.05) is 11.1 Å². The Morgan fingerprint density at radius 2 is 1.69 bits per heavy atom. The van der Waals surface area contributed by atoms with E-state index >= 15 is 0 Å². The Labute approximate surface area is 154 Å². The highest BCUT2D eigenvalue weighted by Gasteiger charge is 2.10. The van der Waals surface area contributed by atoms with E-state index in [1.54, 1.807) is 29.6 Å². The average Bonchev–Trinajstić information content (AvgIpc) is 3.03. The van der Waals surface area contributed by atoms with Crippen LogP contribution in [0.5, 0.6) is 11.5 Å². The van der Waals surface area contributed by atoms with Crippen molar-refractivity contribution >= 4 is 28.9 Å². The molecule has 2 aromatic carbocycles. The molecule has 3 aromatic rings. The van der Waals surface area contributed by atoms with Gasteiger partial charge in [-0.3, -0.25) is 9.59 Å². The van der Waals surface area contributed by atoms with Gasteiger partial charge in [-0.15, -0.1) is 11.3 Å². The third kappa shape index (κ3) is 5.15. The normalized spacial score (nSPS) is 10.3. The van der Waals surface area contributed by atoms with Crippen LogP contribution in [0.3, 0.4) is 0 Å². The van der Waals surface area contributed by atoms with Crippen LogP contribution in [0.2, 0.25) is 0 Å². The lowest BCUT2D eigenvalue weighted by atomic mass is 10.3. The molecule has 0 fully saturated rings. The first-order chi connectivity index (χ1) is 12.6. The molecule has 3 rings (SSSR count). The summed E-state index contributed by atoms with van der Waals surface area (Å²) in [7, 11) is 0. The minimum atomic E-state index is -0.941. The first-order valence-corrected chi connectivity index (χ1v) is 8.74. The second-order valence-corrected chi connectivity index (χ2v) is 6.41. The molecule has 0 saturated carbocycles. The zero-order chi connectivity index (χ0) is 18.4. The van der Waals surface area contributed by atoms with Crippen molar-refractivity contribution in [3.8, 4) is 11.5 Å². The zero-order valence-electron chi connectivity index (χ0n) is 13.7. The largest absolute Gasteiger partial charge is 0.481 e.